The van der Waals surface area contributed by atoms with Gasteiger partial charge in [-0.3, -0.25) is 0 Å². The van der Waals surface area contributed by atoms with E-state index in [1.807, 2.05) is 27.7 Å². The maximum atomic E-state index is 9.90. The van der Waals surface area contributed by atoms with E-state index < -0.39 is 18.2 Å². The molecule has 1 fully saturated rings. The molecule has 0 saturated carbocycles. The van der Waals surface area contributed by atoms with E-state index in [0.717, 1.165) is 0 Å². The van der Waals surface area contributed by atoms with E-state index in [4.69, 9.17) is 14.0 Å². The molecule has 1 N–H and O–H groups in total. The van der Waals surface area contributed by atoms with Crippen LogP contribution in [0.5, 0.6) is 0 Å². The third-order valence-corrected chi connectivity index (χ3v) is 2.98. The van der Waals surface area contributed by atoms with Crippen molar-refractivity contribution in [1.82, 2.24) is 0 Å². The summed E-state index contributed by atoms with van der Waals surface area (Å²) in [6, 6.07) is 0. The average molecular weight is 227 g/mol. The second-order valence-corrected chi connectivity index (χ2v) is 5.88. The number of aliphatic hydroxyl groups is 1. The second-order valence-electron chi connectivity index (χ2n) is 5.88. The van der Waals surface area contributed by atoms with Gasteiger partial charge >= 0.3 is 14.4 Å². The molecule has 0 amide bonds. The largest absolute Gasteiger partial charge is 0.439 e. The highest BCUT2D eigenvalue weighted by Gasteiger charge is 2.42. The van der Waals surface area contributed by atoms with Gasteiger partial charge in [0.2, 0.25) is 0 Å². The first-order valence-corrected chi connectivity index (χ1v) is 5.56. The molecule has 1 saturated heterocycles. The molecule has 0 aromatic rings. The molecule has 0 spiro atoms. The molecule has 6 heteroatoms. The van der Waals surface area contributed by atoms with Gasteiger partial charge in [-0.05, 0) is 41.5 Å². The fourth-order valence-electron chi connectivity index (χ4n) is 1.10. The minimum Gasteiger partial charge on any atom is -0.435 e. The SMILES string of the molecule is CC1(C)COB([B]OC(C)(C)C(C)(C)O)O1. The molecule has 0 aliphatic carbocycles. The van der Waals surface area contributed by atoms with Crippen molar-refractivity contribution in [2.24, 2.45) is 0 Å². The number of hydrogen-bond donors (Lipinski definition) is 1. The highest BCUT2D eigenvalue weighted by atomic mass is 16.7. The summed E-state index contributed by atoms with van der Waals surface area (Å²) in [7, 11) is 1.05. The maximum Gasteiger partial charge on any atom is 0.439 e. The fourth-order valence-corrected chi connectivity index (χ4v) is 1.10. The summed E-state index contributed by atoms with van der Waals surface area (Å²) >= 11 is 0. The van der Waals surface area contributed by atoms with Crippen LogP contribution in [0.4, 0.5) is 0 Å². The Hall–Kier alpha value is -0.0301. The lowest BCUT2D eigenvalue weighted by Gasteiger charge is -2.37. The quantitative estimate of drug-likeness (QED) is 0.727. The first kappa shape index (κ1) is 14.0. The molecule has 0 atom stereocenters. The molecule has 1 heterocycles. The highest BCUT2D eigenvalue weighted by Crippen LogP contribution is 2.26. The number of hydrogen-bond acceptors (Lipinski definition) is 4. The zero-order chi connectivity index (χ0) is 12.6. The molecule has 1 aliphatic heterocycles. The molecule has 1 radical (unpaired) electrons. The molecule has 0 bridgehead atoms. The van der Waals surface area contributed by atoms with Crippen LogP contribution in [-0.4, -0.2) is 42.9 Å². The van der Waals surface area contributed by atoms with Crippen molar-refractivity contribution >= 4 is 14.4 Å². The van der Waals surface area contributed by atoms with Crippen LogP contribution < -0.4 is 0 Å². The summed E-state index contributed by atoms with van der Waals surface area (Å²) in [5.74, 6) is 0. The first-order chi connectivity index (χ1) is 7.04. The lowest BCUT2D eigenvalue weighted by molar-refractivity contribution is -0.0894. The summed E-state index contributed by atoms with van der Waals surface area (Å²) in [6.45, 7) is 11.5. The molecular weight excluding hydrogens is 206 g/mol. The smallest absolute Gasteiger partial charge is 0.435 e. The van der Waals surface area contributed by atoms with Gasteiger partial charge in [0.15, 0.2) is 0 Å². The van der Waals surface area contributed by atoms with Crippen LogP contribution in [0.15, 0.2) is 0 Å². The normalized spacial score (nSPS) is 21.3. The summed E-state index contributed by atoms with van der Waals surface area (Å²) in [5.41, 5.74) is -1.90. The summed E-state index contributed by atoms with van der Waals surface area (Å²) in [5, 5.41) is 9.90. The van der Waals surface area contributed by atoms with Crippen molar-refractivity contribution in [1.29, 1.82) is 0 Å². The van der Waals surface area contributed by atoms with Gasteiger partial charge in [-0.1, -0.05) is 0 Å². The standard InChI is InChI=1S/C10H21B2O4/c1-8(2)7-14-12(16-8)11-15-10(5,6)9(3,4)13/h13H,7H2,1-6H3. The van der Waals surface area contributed by atoms with Crippen molar-refractivity contribution in [2.75, 3.05) is 6.61 Å². The third-order valence-electron chi connectivity index (χ3n) is 2.98. The van der Waals surface area contributed by atoms with Crippen LogP contribution in [0.25, 0.3) is 0 Å². The summed E-state index contributed by atoms with van der Waals surface area (Å²) < 4.78 is 16.5. The van der Waals surface area contributed by atoms with Gasteiger partial charge in [0, 0.05) is 0 Å². The average Bonchev–Trinajstić information content (AvgIpc) is 2.40. The molecule has 1 aliphatic rings. The van der Waals surface area contributed by atoms with Gasteiger partial charge in [-0.2, -0.15) is 0 Å². The Balaban J connectivity index is 2.42. The van der Waals surface area contributed by atoms with Crippen molar-refractivity contribution in [2.45, 2.75) is 58.3 Å². The van der Waals surface area contributed by atoms with Crippen LogP contribution in [0.1, 0.15) is 41.5 Å². The van der Waals surface area contributed by atoms with E-state index in [0.29, 0.717) is 6.61 Å². The van der Waals surface area contributed by atoms with Gasteiger partial charge < -0.3 is 19.1 Å². The summed E-state index contributed by atoms with van der Waals surface area (Å²) in [6.07, 6.45) is 0. The predicted molar refractivity (Wildman–Crippen MR) is 64.1 cm³/mol. The molecule has 0 unspecified atom stereocenters. The van der Waals surface area contributed by atoms with Crippen molar-refractivity contribution in [3.05, 3.63) is 0 Å². The molecule has 91 valence electrons. The fraction of sp³-hybridized carbons (Fsp3) is 1.00. The summed E-state index contributed by atoms with van der Waals surface area (Å²) in [4.78, 5) is 0. The molecule has 0 aromatic carbocycles. The van der Waals surface area contributed by atoms with E-state index in [2.05, 4.69) is 0 Å². The van der Waals surface area contributed by atoms with E-state index in [1.54, 1.807) is 13.8 Å². The Labute approximate surface area is 99.1 Å². The lowest BCUT2D eigenvalue weighted by Crippen LogP contribution is -2.50. The Bertz CT molecular complexity index is 248. The first-order valence-electron chi connectivity index (χ1n) is 5.56. The molecular formula is C10H21B2O4. The van der Waals surface area contributed by atoms with E-state index in [1.165, 1.54) is 7.37 Å². The topological polar surface area (TPSA) is 47.9 Å². The Morgan fingerprint density at radius 3 is 2.25 bits per heavy atom. The van der Waals surface area contributed by atoms with Gasteiger partial charge in [0.1, 0.15) is 0 Å². The lowest BCUT2D eigenvalue weighted by atomic mass is 9.55. The predicted octanol–water partition coefficient (Wildman–Crippen LogP) is 0.982. The van der Waals surface area contributed by atoms with Crippen molar-refractivity contribution < 1.29 is 19.1 Å². The third kappa shape index (κ3) is 3.48. The van der Waals surface area contributed by atoms with Crippen LogP contribution in [0.3, 0.4) is 0 Å². The molecule has 4 nitrogen and oxygen atoms in total. The van der Waals surface area contributed by atoms with Crippen molar-refractivity contribution in [3.8, 4) is 0 Å². The molecule has 16 heavy (non-hydrogen) atoms. The van der Waals surface area contributed by atoms with Crippen LogP contribution >= 0.6 is 0 Å². The van der Waals surface area contributed by atoms with Gasteiger partial charge in [-0.25, -0.2) is 0 Å². The number of rotatable bonds is 4. The minimum atomic E-state index is -0.933. The monoisotopic (exact) mass is 227 g/mol. The Morgan fingerprint density at radius 2 is 1.88 bits per heavy atom. The van der Waals surface area contributed by atoms with E-state index in [-0.39, 0.29) is 5.60 Å². The second kappa shape index (κ2) is 4.33. The van der Waals surface area contributed by atoms with Crippen LogP contribution in [-0.2, 0) is 14.0 Å². The van der Waals surface area contributed by atoms with E-state index >= 15 is 0 Å². The Morgan fingerprint density at radius 1 is 1.31 bits per heavy atom. The minimum absolute atomic E-state index is 0.274. The molecule has 0 aromatic heterocycles. The molecule has 1 rings (SSSR count). The maximum absolute atomic E-state index is 9.90. The van der Waals surface area contributed by atoms with Crippen LogP contribution in [0, 0.1) is 0 Å². The van der Waals surface area contributed by atoms with Gasteiger partial charge in [0.05, 0.1) is 23.4 Å². The van der Waals surface area contributed by atoms with Crippen LogP contribution in [0.2, 0.25) is 0 Å². The zero-order valence-electron chi connectivity index (χ0n) is 11.0. The van der Waals surface area contributed by atoms with Crippen molar-refractivity contribution in [3.63, 3.8) is 0 Å². The van der Waals surface area contributed by atoms with Gasteiger partial charge in [-0.15, -0.1) is 0 Å². The highest BCUT2D eigenvalue weighted by molar-refractivity contribution is 7.03. The van der Waals surface area contributed by atoms with E-state index in [9.17, 15) is 5.11 Å². The van der Waals surface area contributed by atoms with Gasteiger partial charge in [0.25, 0.3) is 0 Å². The zero-order valence-corrected chi connectivity index (χ0v) is 11.0. The Kier molecular flexibility index (Phi) is 3.80.